The monoisotopic (exact) mass is 420 g/mol. The van der Waals surface area contributed by atoms with E-state index in [1.165, 1.54) is 28.6 Å². The Morgan fingerprint density at radius 3 is 2.38 bits per heavy atom. The van der Waals surface area contributed by atoms with Crippen LogP contribution >= 0.6 is 0 Å². The molecule has 0 spiro atoms. The number of sulfonamides is 1. The number of carbonyl (C=O) groups excluding carboxylic acids is 1. The van der Waals surface area contributed by atoms with Crippen LogP contribution in [0.15, 0.2) is 53.4 Å². The molecule has 8 heteroatoms. The van der Waals surface area contributed by atoms with Crippen LogP contribution in [0.5, 0.6) is 5.75 Å². The van der Waals surface area contributed by atoms with Crippen molar-refractivity contribution in [2.24, 2.45) is 0 Å². The molecule has 1 aliphatic heterocycles. The van der Waals surface area contributed by atoms with Crippen molar-refractivity contribution in [3.8, 4) is 5.75 Å². The average Bonchev–Trinajstić information content (AvgIpc) is 2.73. The predicted octanol–water partition coefficient (Wildman–Crippen LogP) is 2.69. The summed E-state index contributed by atoms with van der Waals surface area (Å²) in [6.07, 6.45) is 0.733. The van der Waals surface area contributed by atoms with Gasteiger partial charge in [0.15, 0.2) is 0 Å². The van der Waals surface area contributed by atoms with E-state index in [2.05, 4.69) is 0 Å². The Morgan fingerprint density at radius 2 is 1.76 bits per heavy atom. The Balaban J connectivity index is 1.54. The molecule has 0 unspecified atom stereocenters. The highest BCUT2D eigenvalue weighted by molar-refractivity contribution is 7.89. The Morgan fingerprint density at radius 1 is 1.07 bits per heavy atom. The number of hydrogen-bond acceptors (Lipinski definition) is 4. The smallest absolute Gasteiger partial charge is 0.243 e. The van der Waals surface area contributed by atoms with Gasteiger partial charge in [-0.1, -0.05) is 12.1 Å². The molecule has 156 valence electrons. The summed E-state index contributed by atoms with van der Waals surface area (Å²) in [5.74, 6) is 0.260. The number of halogens is 1. The second-order valence-corrected chi connectivity index (χ2v) is 8.76. The van der Waals surface area contributed by atoms with Crippen molar-refractivity contribution >= 4 is 15.9 Å². The molecule has 6 nitrogen and oxygen atoms in total. The van der Waals surface area contributed by atoms with Gasteiger partial charge in [0.2, 0.25) is 15.9 Å². The minimum absolute atomic E-state index is 0.0487. The molecule has 0 aliphatic carbocycles. The van der Waals surface area contributed by atoms with Gasteiger partial charge in [0.1, 0.15) is 11.6 Å². The first-order chi connectivity index (χ1) is 13.9. The van der Waals surface area contributed by atoms with E-state index in [1.807, 2.05) is 6.92 Å². The molecule has 1 amide bonds. The standard InChI is InChI=1S/C21H25FN2O4S/c1-2-28-19-7-9-20(10-8-19)29(26,27)24-14-12-23(13-15-24)21(25)11-6-17-4-3-5-18(22)16-17/h3-5,7-10,16H,2,6,11-15H2,1H3. The van der Waals surface area contributed by atoms with E-state index in [1.54, 1.807) is 29.2 Å². The van der Waals surface area contributed by atoms with E-state index in [4.69, 9.17) is 4.74 Å². The highest BCUT2D eigenvalue weighted by Crippen LogP contribution is 2.21. The lowest BCUT2D eigenvalue weighted by Gasteiger charge is -2.34. The predicted molar refractivity (Wildman–Crippen MR) is 108 cm³/mol. The highest BCUT2D eigenvalue weighted by Gasteiger charge is 2.30. The number of hydrogen-bond donors (Lipinski definition) is 0. The lowest BCUT2D eigenvalue weighted by molar-refractivity contribution is -0.132. The van der Waals surface area contributed by atoms with Crippen molar-refractivity contribution in [3.05, 3.63) is 59.9 Å². The number of carbonyl (C=O) groups is 1. The third-order valence-electron chi connectivity index (χ3n) is 4.88. The van der Waals surface area contributed by atoms with E-state index >= 15 is 0 Å². The van der Waals surface area contributed by atoms with Gasteiger partial charge in [-0.25, -0.2) is 12.8 Å². The molecule has 3 rings (SSSR count). The molecule has 0 saturated carbocycles. The fraction of sp³-hybridized carbons (Fsp3) is 0.381. The first-order valence-electron chi connectivity index (χ1n) is 9.65. The summed E-state index contributed by atoms with van der Waals surface area (Å²) in [6.45, 7) is 3.57. The number of benzene rings is 2. The molecule has 0 radical (unpaired) electrons. The molecule has 1 aliphatic rings. The second-order valence-electron chi connectivity index (χ2n) is 6.82. The zero-order valence-electron chi connectivity index (χ0n) is 16.4. The van der Waals surface area contributed by atoms with Gasteiger partial charge in [0.25, 0.3) is 0 Å². The summed E-state index contributed by atoms with van der Waals surface area (Å²) in [6, 6.07) is 12.6. The van der Waals surface area contributed by atoms with Crippen molar-refractivity contribution in [2.45, 2.75) is 24.7 Å². The lowest BCUT2D eigenvalue weighted by Crippen LogP contribution is -2.50. The Hall–Kier alpha value is -2.45. The fourth-order valence-corrected chi connectivity index (χ4v) is 4.73. The summed E-state index contributed by atoms with van der Waals surface area (Å²) in [4.78, 5) is 14.3. The first-order valence-corrected chi connectivity index (χ1v) is 11.1. The molecule has 1 saturated heterocycles. The van der Waals surface area contributed by atoms with Gasteiger partial charge in [0, 0.05) is 32.6 Å². The highest BCUT2D eigenvalue weighted by atomic mass is 32.2. The maximum atomic E-state index is 13.2. The minimum atomic E-state index is -3.60. The van der Waals surface area contributed by atoms with Crippen LogP contribution in [0.1, 0.15) is 18.9 Å². The number of rotatable bonds is 7. The Labute approximate surface area is 170 Å². The number of amides is 1. The van der Waals surface area contributed by atoms with Gasteiger partial charge in [-0.15, -0.1) is 0 Å². The van der Waals surface area contributed by atoms with Gasteiger partial charge in [-0.3, -0.25) is 4.79 Å². The van der Waals surface area contributed by atoms with E-state index in [9.17, 15) is 17.6 Å². The summed E-state index contributed by atoms with van der Waals surface area (Å²) >= 11 is 0. The van der Waals surface area contributed by atoms with Crippen molar-refractivity contribution < 1.29 is 22.3 Å². The van der Waals surface area contributed by atoms with Crippen molar-refractivity contribution in [1.82, 2.24) is 9.21 Å². The lowest BCUT2D eigenvalue weighted by atomic mass is 10.1. The van der Waals surface area contributed by atoms with E-state index in [0.717, 1.165) is 5.56 Å². The van der Waals surface area contributed by atoms with Gasteiger partial charge < -0.3 is 9.64 Å². The van der Waals surface area contributed by atoms with Gasteiger partial charge in [-0.2, -0.15) is 4.31 Å². The summed E-state index contributed by atoms with van der Waals surface area (Å²) in [5, 5.41) is 0. The van der Waals surface area contributed by atoms with Crippen LogP contribution < -0.4 is 4.74 Å². The fourth-order valence-electron chi connectivity index (χ4n) is 3.30. The second kappa shape index (κ2) is 9.37. The van der Waals surface area contributed by atoms with Crippen LogP contribution in [-0.4, -0.2) is 56.3 Å². The van der Waals surface area contributed by atoms with Gasteiger partial charge in [-0.05, 0) is 55.3 Å². The van der Waals surface area contributed by atoms with Crippen LogP contribution in [0, 0.1) is 5.82 Å². The Bertz CT molecular complexity index is 939. The van der Waals surface area contributed by atoms with Crippen LogP contribution in [0.3, 0.4) is 0 Å². The molecule has 0 bridgehead atoms. The van der Waals surface area contributed by atoms with Gasteiger partial charge in [0.05, 0.1) is 11.5 Å². The number of nitrogens with zero attached hydrogens (tertiary/aromatic N) is 2. The number of ether oxygens (including phenoxy) is 1. The first kappa shape index (κ1) is 21.3. The van der Waals surface area contributed by atoms with Crippen LogP contribution in [0.4, 0.5) is 4.39 Å². The summed E-state index contributed by atoms with van der Waals surface area (Å²) in [7, 11) is -3.60. The van der Waals surface area contributed by atoms with Crippen molar-refractivity contribution in [3.63, 3.8) is 0 Å². The molecule has 0 N–H and O–H groups in total. The molecule has 2 aromatic rings. The molecule has 29 heavy (non-hydrogen) atoms. The largest absolute Gasteiger partial charge is 0.494 e. The average molecular weight is 421 g/mol. The molecule has 0 atom stereocenters. The maximum Gasteiger partial charge on any atom is 0.243 e. The maximum absolute atomic E-state index is 13.2. The van der Waals surface area contributed by atoms with Crippen molar-refractivity contribution in [1.29, 1.82) is 0 Å². The zero-order chi connectivity index (χ0) is 20.9. The topological polar surface area (TPSA) is 66.9 Å². The molecule has 1 heterocycles. The Kier molecular flexibility index (Phi) is 6.87. The SMILES string of the molecule is CCOc1ccc(S(=O)(=O)N2CCN(C(=O)CCc3cccc(F)c3)CC2)cc1. The van der Waals surface area contributed by atoms with E-state index < -0.39 is 10.0 Å². The van der Waals surface area contributed by atoms with E-state index in [-0.39, 0.29) is 36.1 Å². The van der Waals surface area contributed by atoms with Crippen LogP contribution in [0.2, 0.25) is 0 Å². The van der Waals surface area contributed by atoms with Crippen LogP contribution in [-0.2, 0) is 21.2 Å². The molecule has 0 aromatic heterocycles. The number of aryl methyl sites for hydroxylation is 1. The summed E-state index contributed by atoms with van der Waals surface area (Å²) in [5.41, 5.74) is 0.773. The third-order valence-corrected chi connectivity index (χ3v) is 6.79. The van der Waals surface area contributed by atoms with E-state index in [0.29, 0.717) is 31.9 Å². The quantitative estimate of drug-likeness (QED) is 0.691. The van der Waals surface area contributed by atoms with Crippen molar-refractivity contribution in [2.75, 3.05) is 32.8 Å². The summed E-state index contributed by atoms with van der Waals surface area (Å²) < 4.78 is 45.6. The third kappa shape index (κ3) is 5.33. The molecular weight excluding hydrogens is 395 g/mol. The van der Waals surface area contributed by atoms with Gasteiger partial charge >= 0.3 is 0 Å². The molecule has 2 aromatic carbocycles. The molecular formula is C21H25FN2O4S. The minimum Gasteiger partial charge on any atom is -0.494 e. The number of piperazine rings is 1. The zero-order valence-corrected chi connectivity index (χ0v) is 17.2. The normalized spacial score (nSPS) is 15.3. The molecule has 1 fully saturated rings. The van der Waals surface area contributed by atoms with Crippen LogP contribution in [0.25, 0.3) is 0 Å².